The molecule has 0 heterocycles. The molecule has 4 rings (SSSR count). The maximum Gasteiger partial charge on any atom is 0.252 e. The van der Waals surface area contributed by atoms with Gasteiger partial charge < -0.3 is 10.6 Å². The van der Waals surface area contributed by atoms with Crippen molar-refractivity contribution in [1.29, 1.82) is 0 Å². The van der Waals surface area contributed by atoms with E-state index in [1.807, 2.05) is 184 Å². The van der Waals surface area contributed by atoms with E-state index in [0.29, 0.717) is 24.0 Å². The van der Waals surface area contributed by atoms with E-state index in [1.54, 1.807) is 48.5 Å². The number of hydrogen-bond donors (Lipinski definition) is 2. The number of carbonyl (C=O) groups is 4. The molecule has 6 nitrogen and oxygen atoms in total. The van der Waals surface area contributed by atoms with Crippen molar-refractivity contribution in [2.24, 2.45) is 0 Å². The summed E-state index contributed by atoms with van der Waals surface area (Å²) in [7, 11) is 0. The SMILES string of the molecule is CC.CC.CC.CC.CC.CC.CC.CC.O=C(CC(=O)Cc1ccccc1)Cc1ccccc1.O=C(NCNC(=O)c1ccccc1)c1ccccc1. The molecule has 0 aliphatic carbocycles. The van der Waals surface area contributed by atoms with Crippen molar-refractivity contribution in [2.45, 2.75) is 130 Å². The van der Waals surface area contributed by atoms with Gasteiger partial charge in [0.25, 0.3) is 11.8 Å². The molecule has 0 radical (unpaired) electrons. The molecule has 0 aliphatic heterocycles. The van der Waals surface area contributed by atoms with Gasteiger partial charge in [0.05, 0.1) is 13.1 Å². The van der Waals surface area contributed by atoms with Crippen molar-refractivity contribution in [2.75, 3.05) is 6.67 Å². The van der Waals surface area contributed by atoms with Crippen molar-refractivity contribution in [3.05, 3.63) is 144 Å². The van der Waals surface area contributed by atoms with Gasteiger partial charge in [-0.3, -0.25) is 19.2 Å². The van der Waals surface area contributed by atoms with Gasteiger partial charge in [-0.25, -0.2) is 0 Å². The van der Waals surface area contributed by atoms with Crippen molar-refractivity contribution in [3.63, 3.8) is 0 Å². The molecular weight excluding hydrogens is 669 g/mol. The second kappa shape index (κ2) is 52.5. The van der Waals surface area contributed by atoms with Crippen LogP contribution in [0.15, 0.2) is 121 Å². The third-order valence-corrected chi connectivity index (χ3v) is 5.45. The fourth-order valence-electron chi connectivity index (χ4n) is 3.58. The van der Waals surface area contributed by atoms with E-state index in [2.05, 4.69) is 10.6 Å². The molecule has 0 unspecified atom stereocenters. The lowest BCUT2D eigenvalue weighted by molar-refractivity contribution is -0.126. The Kier molecular flexibility index (Phi) is 59.5. The third-order valence-electron chi connectivity index (χ3n) is 5.45. The maximum atomic E-state index is 11.8. The summed E-state index contributed by atoms with van der Waals surface area (Å²) in [6, 6.07) is 36.7. The molecular formula is C48H78N2O4. The average Bonchev–Trinajstić information content (AvgIpc) is 3.28. The van der Waals surface area contributed by atoms with Gasteiger partial charge in [-0.2, -0.15) is 0 Å². The molecule has 0 aromatic heterocycles. The van der Waals surface area contributed by atoms with Crippen LogP contribution in [0, 0.1) is 0 Å². The first kappa shape index (κ1) is 61.2. The summed E-state index contributed by atoms with van der Waals surface area (Å²) in [6.07, 6.45) is 0.687. The van der Waals surface area contributed by atoms with Crippen LogP contribution in [0.5, 0.6) is 0 Å². The zero-order chi connectivity index (χ0) is 43.0. The zero-order valence-corrected chi connectivity index (χ0v) is 37.0. The van der Waals surface area contributed by atoms with Crippen LogP contribution in [0.1, 0.15) is 149 Å². The Morgan fingerprint density at radius 2 is 0.574 bits per heavy atom. The molecule has 0 bridgehead atoms. The number of Topliss-reactive ketones (excluding diaryl/α,β-unsaturated/α-hetero) is 2. The van der Waals surface area contributed by atoms with Gasteiger partial charge in [0.1, 0.15) is 11.6 Å². The van der Waals surface area contributed by atoms with Crippen molar-refractivity contribution < 1.29 is 19.2 Å². The van der Waals surface area contributed by atoms with Gasteiger partial charge in [0.15, 0.2) is 0 Å². The van der Waals surface area contributed by atoms with E-state index in [1.165, 1.54) is 0 Å². The highest BCUT2D eigenvalue weighted by Crippen LogP contribution is 2.06. The van der Waals surface area contributed by atoms with E-state index in [0.717, 1.165) is 11.1 Å². The van der Waals surface area contributed by atoms with Gasteiger partial charge in [-0.1, -0.05) is 208 Å². The number of nitrogens with one attached hydrogen (secondary N) is 2. The smallest absolute Gasteiger partial charge is 0.252 e. The summed E-state index contributed by atoms with van der Waals surface area (Å²) in [5.74, 6) is -0.470. The lowest BCUT2D eigenvalue weighted by Gasteiger charge is -2.07. The van der Waals surface area contributed by atoms with Crippen LogP contribution in [0.2, 0.25) is 0 Å². The van der Waals surface area contributed by atoms with Crippen LogP contribution in [0.4, 0.5) is 0 Å². The van der Waals surface area contributed by atoms with Gasteiger partial charge in [-0.15, -0.1) is 0 Å². The monoisotopic (exact) mass is 747 g/mol. The highest BCUT2D eigenvalue weighted by atomic mass is 16.2. The quantitative estimate of drug-likeness (QED) is 0.125. The lowest BCUT2D eigenvalue weighted by atomic mass is 10.0. The molecule has 4 aromatic rings. The Balaban J connectivity index is -0.000000156. The molecule has 0 aliphatic rings. The van der Waals surface area contributed by atoms with Crippen LogP contribution in [-0.2, 0) is 22.4 Å². The van der Waals surface area contributed by atoms with E-state index in [9.17, 15) is 19.2 Å². The first-order chi connectivity index (χ1) is 26.5. The van der Waals surface area contributed by atoms with Gasteiger partial charge >= 0.3 is 0 Å². The molecule has 304 valence electrons. The Morgan fingerprint density at radius 3 is 0.815 bits per heavy atom. The number of rotatable bonds is 10. The largest absolute Gasteiger partial charge is 0.335 e. The van der Waals surface area contributed by atoms with Crippen LogP contribution in [-0.4, -0.2) is 30.0 Å². The van der Waals surface area contributed by atoms with Crippen molar-refractivity contribution in [3.8, 4) is 0 Å². The second-order valence-electron chi connectivity index (χ2n) is 8.50. The topological polar surface area (TPSA) is 92.3 Å². The minimum atomic E-state index is -0.214. The minimum absolute atomic E-state index is 0.0176. The molecule has 0 saturated carbocycles. The first-order valence-electron chi connectivity index (χ1n) is 20.3. The molecule has 0 spiro atoms. The highest BCUT2D eigenvalue weighted by molar-refractivity contribution is 6.00. The zero-order valence-electron chi connectivity index (χ0n) is 37.0. The molecule has 2 amide bonds. The summed E-state index contributed by atoms with van der Waals surface area (Å²) < 4.78 is 0. The summed E-state index contributed by atoms with van der Waals surface area (Å²) in [5.41, 5.74) is 3.05. The number of hydrogen-bond acceptors (Lipinski definition) is 4. The molecule has 2 N–H and O–H groups in total. The normalized spacial score (nSPS) is 7.85. The predicted octanol–water partition coefficient (Wildman–Crippen LogP) is 13.0. The van der Waals surface area contributed by atoms with Crippen LogP contribution in [0.25, 0.3) is 0 Å². The van der Waals surface area contributed by atoms with Crippen molar-refractivity contribution >= 4 is 23.4 Å². The fourth-order valence-corrected chi connectivity index (χ4v) is 3.58. The van der Waals surface area contributed by atoms with Crippen LogP contribution in [0.3, 0.4) is 0 Å². The molecule has 0 fully saturated rings. The van der Waals surface area contributed by atoms with Gasteiger partial charge in [0, 0.05) is 24.0 Å². The Morgan fingerprint density at radius 1 is 0.352 bits per heavy atom. The second-order valence-corrected chi connectivity index (χ2v) is 8.50. The summed E-state index contributed by atoms with van der Waals surface area (Å²) in [5, 5.41) is 5.26. The summed E-state index contributed by atoms with van der Waals surface area (Å²) >= 11 is 0. The van der Waals surface area contributed by atoms with E-state index in [-0.39, 0.29) is 36.5 Å². The first-order valence-corrected chi connectivity index (χ1v) is 20.3. The van der Waals surface area contributed by atoms with Gasteiger partial charge in [0.2, 0.25) is 0 Å². The lowest BCUT2D eigenvalue weighted by Crippen LogP contribution is -2.37. The van der Waals surface area contributed by atoms with Crippen LogP contribution >= 0.6 is 0 Å². The highest BCUT2D eigenvalue weighted by Gasteiger charge is 2.11. The molecule has 4 aromatic carbocycles. The van der Waals surface area contributed by atoms with E-state index < -0.39 is 0 Å². The fraction of sp³-hybridized carbons (Fsp3) is 0.417. The standard InChI is InChI=1S/C17H16O2.C15H14N2O2.8C2H6/c18-16(11-14-7-3-1-4-8-14)13-17(19)12-15-9-5-2-6-10-15;18-14(12-7-3-1-4-8-12)16-11-17-15(19)13-9-5-2-6-10-13;8*1-2/h1-10H,11-13H2;1-10H,11H2,(H,16,18)(H,17,19);8*1-2H3. The summed E-state index contributed by atoms with van der Waals surface area (Å²) in [6.45, 7) is 32.1. The average molecular weight is 747 g/mol. The van der Waals surface area contributed by atoms with Crippen LogP contribution < -0.4 is 10.6 Å². The maximum absolute atomic E-state index is 11.8. The van der Waals surface area contributed by atoms with Gasteiger partial charge in [-0.05, 0) is 35.4 Å². The van der Waals surface area contributed by atoms with Crippen molar-refractivity contribution in [1.82, 2.24) is 10.6 Å². The molecule has 6 heteroatoms. The Bertz CT molecular complexity index is 1210. The summed E-state index contributed by atoms with van der Waals surface area (Å²) in [4.78, 5) is 47.0. The number of amides is 2. The molecule has 0 saturated heterocycles. The van der Waals surface area contributed by atoms with E-state index >= 15 is 0 Å². The van der Waals surface area contributed by atoms with E-state index in [4.69, 9.17) is 0 Å². The minimum Gasteiger partial charge on any atom is -0.335 e. The molecule has 54 heavy (non-hydrogen) atoms. The Hall–Kier alpha value is -4.84. The predicted molar refractivity (Wildman–Crippen MR) is 238 cm³/mol. The number of benzene rings is 4. The Labute approximate surface area is 332 Å². The third kappa shape index (κ3) is 35.6. The number of carbonyl (C=O) groups excluding carboxylic acids is 4. The molecule has 0 atom stereocenters. The number of ketones is 2.